The standard InChI is InChI=1S/C23H32N4O2S.C2HF3O2/c1-16-24-15-22(30-16)20-13-21(20)25-14-18-8-11-27(12-9-18)10-2-3-17-4-6-19(7-5-17)23(28)26-29;3-2(4,5)1(6)7/h4-7,15,18,20-21,25,29H,2-3,8-14H2,1H3,(H,26,28);(H,6,7). The first-order valence-electron chi connectivity index (χ1n) is 12.3. The number of nitrogens with zero attached hydrogens (tertiary/aromatic N) is 2. The molecule has 1 aromatic carbocycles. The lowest BCUT2D eigenvalue weighted by molar-refractivity contribution is -0.192. The van der Waals surface area contributed by atoms with Crippen molar-refractivity contribution in [2.45, 2.75) is 57.2 Å². The third-order valence-electron chi connectivity index (χ3n) is 6.67. The number of halogens is 3. The molecule has 1 saturated carbocycles. The van der Waals surface area contributed by atoms with Crippen LogP contribution in [0.1, 0.15) is 57.4 Å². The summed E-state index contributed by atoms with van der Waals surface area (Å²) < 4.78 is 31.7. The number of benzene rings is 1. The largest absolute Gasteiger partial charge is 0.490 e. The Bertz CT molecular complexity index is 1020. The van der Waals surface area contributed by atoms with Gasteiger partial charge in [-0.25, -0.2) is 15.3 Å². The molecule has 2 aromatic rings. The molecule has 1 aliphatic carbocycles. The number of rotatable bonds is 9. The molecule has 2 atom stereocenters. The summed E-state index contributed by atoms with van der Waals surface area (Å²) in [4.78, 5) is 28.7. The molecule has 12 heteroatoms. The number of carboxylic acid groups (broad SMARTS) is 1. The summed E-state index contributed by atoms with van der Waals surface area (Å²) in [7, 11) is 0. The van der Waals surface area contributed by atoms with E-state index >= 15 is 0 Å². The van der Waals surface area contributed by atoms with Crippen molar-refractivity contribution in [2.75, 3.05) is 26.2 Å². The molecule has 2 aliphatic rings. The smallest absolute Gasteiger partial charge is 0.475 e. The summed E-state index contributed by atoms with van der Waals surface area (Å²) in [5.74, 6) is -1.72. The zero-order valence-electron chi connectivity index (χ0n) is 20.6. The number of hydrogen-bond acceptors (Lipinski definition) is 7. The number of hydroxylamine groups is 1. The fourth-order valence-corrected chi connectivity index (χ4v) is 5.37. The van der Waals surface area contributed by atoms with Crippen LogP contribution < -0.4 is 10.8 Å². The van der Waals surface area contributed by atoms with Gasteiger partial charge in [-0.05, 0) is 88.8 Å². The van der Waals surface area contributed by atoms with Gasteiger partial charge in [0.15, 0.2) is 0 Å². The predicted molar refractivity (Wildman–Crippen MR) is 133 cm³/mol. The van der Waals surface area contributed by atoms with Gasteiger partial charge in [0.25, 0.3) is 5.91 Å². The maximum atomic E-state index is 11.4. The molecule has 1 aliphatic heterocycles. The molecule has 4 rings (SSSR count). The summed E-state index contributed by atoms with van der Waals surface area (Å²) in [5.41, 5.74) is 3.39. The van der Waals surface area contributed by atoms with Crippen molar-refractivity contribution >= 4 is 23.2 Å². The van der Waals surface area contributed by atoms with E-state index in [1.165, 1.54) is 47.8 Å². The van der Waals surface area contributed by atoms with E-state index in [1.54, 1.807) is 17.6 Å². The molecule has 0 radical (unpaired) electrons. The minimum absolute atomic E-state index is 0.463. The Labute approximate surface area is 217 Å². The van der Waals surface area contributed by atoms with Crippen LogP contribution in [0.5, 0.6) is 0 Å². The van der Waals surface area contributed by atoms with Crippen LogP contribution in [0.15, 0.2) is 30.5 Å². The Morgan fingerprint density at radius 1 is 1.19 bits per heavy atom. The van der Waals surface area contributed by atoms with Crippen molar-refractivity contribution in [3.8, 4) is 0 Å². The molecular weight excluding hydrogens is 509 g/mol. The SMILES string of the molecule is Cc1ncc(C2CC2NCC2CCN(CCCc3ccc(C(=O)NO)cc3)CC2)s1.O=C(O)C(F)(F)F. The highest BCUT2D eigenvalue weighted by Gasteiger charge is 2.39. The van der Waals surface area contributed by atoms with Gasteiger partial charge in [0.05, 0.1) is 5.01 Å². The zero-order chi connectivity index (χ0) is 27.0. The summed E-state index contributed by atoms with van der Waals surface area (Å²) in [6.45, 7) is 6.77. The van der Waals surface area contributed by atoms with Crippen LogP contribution in [-0.4, -0.2) is 70.5 Å². The molecule has 2 unspecified atom stereocenters. The number of likely N-dealkylation sites (tertiary alicyclic amines) is 1. The minimum atomic E-state index is -5.08. The van der Waals surface area contributed by atoms with Crippen molar-refractivity contribution in [3.63, 3.8) is 0 Å². The quantitative estimate of drug-likeness (QED) is 0.280. The minimum Gasteiger partial charge on any atom is -0.475 e. The van der Waals surface area contributed by atoms with E-state index in [9.17, 15) is 18.0 Å². The van der Waals surface area contributed by atoms with Gasteiger partial charge in [-0.2, -0.15) is 13.2 Å². The zero-order valence-corrected chi connectivity index (χ0v) is 21.4. The molecule has 2 heterocycles. The molecule has 4 N–H and O–H groups in total. The van der Waals surface area contributed by atoms with Crippen molar-refractivity contribution in [1.82, 2.24) is 20.7 Å². The normalized spacial score (nSPS) is 20.1. The molecule has 204 valence electrons. The van der Waals surface area contributed by atoms with Crippen LogP contribution in [0.25, 0.3) is 0 Å². The van der Waals surface area contributed by atoms with Crippen LogP contribution in [0.2, 0.25) is 0 Å². The van der Waals surface area contributed by atoms with E-state index in [0.717, 1.165) is 31.8 Å². The van der Waals surface area contributed by atoms with Crippen molar-refractivity contribution in [2.24, 2.45) is 5.92 Å². The van der Waals surface area contributed by atoms with Crippen LogP contribution >= 0.6 is 11.3 Å². The number of piperidine rings is 1. The summed E-state index contributed by atoms with van der Waals surface area (Å²) >= 11 is 1.85. The second kappa shape index (κ2) is 13.3. The van der Waals surface area contributed by atoms with Gasteiger partial charge in [-0.1, -0.05) is 12.1 Å². The lowest BCUT2D eigenvalue weighted by atomic mass is 9.96. The molecule has 1 amide bonds. The van der Waals surface area contributed by atoms with E-state index in [2.05, 4.69) is 28.3 Å². The molecule has 37 heavy (non-hydrogen) atoms. The fraction of sp³-hybridized carbons (Fsp3) is 0.560. The Hall–Kier alpha value is -2.54. The highest BCUT2D eigenvalue weighted by Crippen LogP contribution is 2.43. The second-order valence-corrected chi connectivity index (χ2v) is 10.7. The number of amides is 1. The van der Waals surface area contributed by atoms with Gasteiger partial charge in [0.2, 0.25) is 0 Å². The highest BCUT2D eigenvalue weighted by atomic mass is 32.1. The van der Waals surface area contributed by atoms with Gasteiger partial charge in [-0.15, -0.1) is 11.3 Å². The third-order valence-corrected chi connectivity index (χ3v) is 7.72. The van der Waals surface area contributed by atoms with E-state index in [1.807, 2.05) is 23.5 Å². The number of carboxylic acids is 1. The molecule has 2 fully saturated rings. The Morgan fingerprint density at radius 2 is 1.84 bits per heavy atom. The molecular formula is C25H33F3N4O4S. The molecule has 0 spiro atoms. The summed E-state index contributed by atoms with van der Waals surface area (Å²) in [6.07, 6.45) is 2.97. The molecule has 0 bridgehead atoms. The number of carbonyl (C=O) groups is 2. The number of hydrogen-bond donors (Lipinski definition) is 4. The Balaban J connectivity index is 0.000000479. The van der Waals surface area contributed by atoms with E-state index in [0.29, 0.717) is 17.5 Å². The Kier molecular flexibility index (Phi) is 10.4. The highest BCUT2D eigenvalue weighted by molar-refractivity contribution is 7.11. The van der Waals surface area contributed by atoms with E-state index < -0.39 is 18.1 Å². The first kappa shape index (κ1) is 29.0. The Morgan fingerprint density at radius 3 is 2.38 bits per heavy atom. The number of aliphatic carboxylic acids is 1. The first-order valence-corrected chi connectivity index (χ1v) is 13.1. The number of nitrogens with one attached hydrogen (secondary N) is 2. The second-order valence-electron chi connectivity index (χ2n) is 9.47. The molecule has 8 nitrogen and oxygen atoms in total. The van der Waals surface area contributed by atoms with Crippen molar-refractivity contribution in [3.05, 3.63) is 51.5 Å². The number of thiazole rings is 1. The van der Waals surface area contributed by atoms with Gasteiger partial charge < -0.3 is 15.3 Å². The lowest BCUT2D eigenvalue weighted by Crippen LogP contribution is -2.38. The molecule has 1 aromatic heterocycles. The summed E-state index contributed by atoms with van der Waals surface area (Å²) in [5, 5.41) is 20.8. The average molecular weight is 543 g/mol. The van der Waals surface area contributed by atoms with Crippen LogP contribution in [0.3, 0.4) is 0 Å². The third kappa shape index (κ3) is 9.37. The van der Waals surface area contributed by atoms with E-state index in [-0.39, 0.29) is 0 Å². The monoisotopic (exact) mass is 542 g/mol. The van der Waals surface area contributed by atoms with Crippen LogP contribution in [-0.2, 0) is 11.2 Å². The van der Waals surface area contributed by atoms with Gasteiger partial charge in [0, 0.05) is 28.6 Å². The lowest BCUT2D eigenvalue weighted by Gasteiger charge is -2.32. The fourth-order valence-electron chi connectivity index (χ4n) is 4.41. The summed E-state index contributed by atoms with van der Waals surface area (Å²) in [6, 6.07) is 8.14. The van der Waals surface area contributed by atoms with Crippen molar-refractivity contribution in [1.29, 1.82) is 0 Å². The van der Waals surface area contributed by atoms with Gasteiger partial charge in [0.1, 0.15) is 0 Å². The average Bonchev–Trinajstić information content (AvgIpc) is 3.53. The first-order chi connectivity index (χ1) is 17.6. The van der Waals surface area contributed by atoms with E-state index in [4.69, 9.17) is 15.1 Å². The number of aryl methyl sites for hydroxylation is 2. The van der Waals surface area contributed by atoms with Gasteiger partial charge >= 0.3 is 12.1 Å². The number of alkyl halides is 3. The van der Waals surface area contributed by atoms with Crippen LogP contribution in [0.4, 0.5) is 13.2 Å². The topological polar surface area (TPSA) is 115 Å². The maximum Gasteiger partial charge on any atom is 0.490 e. The van der Waals surface area contributed by atoms with Crippen LogP contribution in [0, 0.1) is 12.8 Å². The van der Waals surface area contributed by atoms with Gasteiger partial charge in [-0.3, -0.25) is 10.0 Å². The van der Waals surface area contributed by atoms with Crippen molar-refractivity contribution < 1.29 is 33.1 Å². The number of carbonyl (C=O) groups excluding carboxylic acids is 1. The maximum absolute atomic E-state index is 11.4. The molecule has 1 saturated heterocycles. The number of aromatic nitrogens is 1. The predicted octanol–water partition coefficient (Wildman–Crippen LogP) is 3.99.